The molecule has 0 saturated heterocycles. The molecule has 1 aliphatic rings. The number of hydrogen-bond donors (Lipinski definition) is 2. The van der Waals surface area contributed by atoms with Crippen molar-refractivity contribution < 1.29 is 14.6 Å². The predicted molar refractivity (Wildman–Crippen MR) is 110 cm³/mol. The molecular weight excluding hydrogens is 354 g/mol. The fourth-order valence-electron chi connectivity index (χ4n) is 3.44. The molecule has 0 saturated carbocycles. The number of unbranched alkanes of at least 4 members (excludes halogenated alkanes) is 1. The molecule has 2 N–H and O–H groups in total. The van der Waals surface area contributed by atoms with Gasteiger partial charge >= 0.3 is 0 Å². The van der Waals surface area contributed by atoms with E-state index in [0.29, 0.717) is 24.6 Å². The van der Waals surface area contributed by atoms with Gasteiger partial charge in [-0.2, -0.15) is 0 Å². The van der Waals surface area contributed by atoms with Crippen LogP contribution in [0.4, 0.5) is 5.82 Å². The summed E-state index contributed by atoms with van der Waals surface area (Å²) in [6.45, 7) is 3.72. The summed E-state index contributed by atoms with van der Waals surface area (Å²) in [5, 5.41) is 12.7. The smallest absolute Gasteiger partial charge is 0.179 e. The number of ether oxygens (including phenoxy) is 2. The number of aliphatic hydroxyl groups is 1. The van der Waals surface area contributed by atoms with Crippen molar-refractivity contribution in [2.45, 2.75) is 57.9 Å². The summed E-state index contributed by atoms with van der Waals surface area (Å²) in [7, 11) is 0. The lowest BCUT2D eigenvalue weighted by molar-refractivity contribution is 0.275. The first-order chi connectivity index (χ1) is 13.8. The Balaban J connectivity index is 1.50. The van der Waals surface area contributed by atoms with Crippen molar-refractivity contribution >= 4 is 5.82 Å². The van der Waals surface area contributed by atoms with Crippen molar-refractivity contribution in [3.05, 3.63) is 41.9 Å². The molecule has 0 unspecified atom stereocenters. The third-order valence-corrected chi connectivity index (χ3v) is 5.03. The first-order valence-corrected chi connectivity index (χ1v) is 10.3. The highest BCUT2D eigenvalue weighted by Gasteiger charge is 2.13. The molecule has 1 aromatic heterocycles. The SMILES string of the molecule is CCCC[C@@H](CCO)Nc1ncncc1OCCCc1ccc2c(c1)OCC2. The summed E-state index contributed by atoms with van der Waals surface area (Å²) in [5.41, 5.74) is 2.58. The molecule has 6 nitrogen and oxygen atoms in total. The van der Waals surface area contributed by atoms with Crippen LogP contribution in [-0.4, -0.2) is 40.9 Å². The van der Waals surface area contributed by atoms with Crippen LogP contribution in [0, 0.1) is 0 Å². The molecule has 28 heavy (non-hydrogen) atoms. The Kier molecular flexibility index (Phi) is 7.91. The van der Waals surface area contributed by atoms with Crippen LogP contribution < -0.4 is 14.8 Å². The average Bonchev–Trinajstić information content (AvgIpc) is 3.18. The van der Waals surface area contributed by atoms with Gasteiger partial charge in [-0.1, -0.05) is 31.9 Å². The highest BCUT2D eigenvalue weighted by Crippen LogP contribution is 2.27. The van der Waals surface area contributed by atoms with E-state index < -0.39 is 0 Å². The highest BCUT2D eigenvalue weighted by atomic mass is 16.5. The zero-order valence-electron chi connectivity index (χ0n) is 16.7. The number of fused-ring (bicyclic) bond motifs is 1. The van der Waals surface area contributed by atoms with Crippen molar-refractivity contribution in [3.8, 4) is 11.5 Å². The Morgan fingerprint density at radius 3 is 3.07 bits per heavy atom. The number of aliphatic hydroxyl groups excluding tert-OH is 1. The summed E-state index contributed by atoms with van der Waals surface area (Å²) in [4.78, 5) is 8.43. The Hall–Kier alpha value is -2.34. The van der Waals surface area contributed by atoms with Gasteiger partial charge in [-0.05, 0) is 42.9 Å². The van der Waals surface area contributed by atoms with Gasteiger partial charge < -0.3 is 19.9 Å². The summed E-state index contributed by atoms with van der Waals surface area (Å²) in [6, 6.07) is 6.69. The lowest BCUT2D eigenvalue weighted by Crippen LogP contribution is -2.22. The molecule has 0 aliphatic carbocycles. The van der Waals surface area contributed by atoms with Crippen LogP contribution in [0.25, 0.3) is 0 Å². The van der Waals surface area contributed by atoms with Crippen LogP contribution in [0.2, 0.25) is 0 Å². The Morgan fingerprint density at radius 1 is 1.29 bits per heavy atom. The van der Waals surface area contributed by atoms with E-state index in [1.54, 1.807) is 6.20 Å². The minimum Gasteiger partial charge on any atom is -0.493 e. The minimum atomic E-state index is 0.160. The maximum atomic E-state index is 9.31. The molecule has 0 bridgehead atoms. The summed E-state index contributed by atoms with van der Waals surface area (Å²) in [5.74, 6) is 2.40. The van der Waals surface area contributed by atoms with E-state index in [9.17, 15) is 5.11 Å². The maximum absolute atomic E-state index is 9.31. The summed E-state index contributed by atoms with van der Waals surface area (Å²) >= 11 is 0. The number of nitrogens with one attached hydrogen (secondary N) is 1. The molecular formula is C22H31N3O3. The monoisotopic (exact) mass is 385 g/mol. The number of aryl methyl sites for hydroxylation is 1. The van der Waals surface area contributed by atoms with Gasteiger partial charge in [-0.15, -0.1) is 0 Å². The molecule has 6 heteroatoms. The van der Waals surface area contributed by atoms with E-state index in [2.05, 4.69) is 40.4 Å². The first-order valence-electron chi connectivity index (χ1n) is 10.3. The maximum Gasteiger partial charge on any atom is 0.179 e. The second-order valence-electron chi connectivity index (χ2n) is 7.22. The second kappa shape index (κ2) is 10.9. The van der Waals surface area contributed by atoms with Crippen molar-refractivity contribution in [2.75, 3.05) is 25.1 Å². The van der Waals surface area contributed by atoms with Gasteiger partial charge in [0.1, 0.15) is 12.1 Å². The first kappa shape index (κ1) is 20.4. The van der Waals surface area contributed by atoms with Gasteiger partial charge in [0.05, 0.1) is 19.4 Å². The summed E-state index contributed by atoms with van der Waals surface area (Å²) in [6.07, 6.45) is 10.0. The number of aromatic nitrogens is 2. The van der Waals surface area contributed by atoms with Crippen molar-refractivity contribution in [2.24, 2.45) is 0 Å². The molecule has 2 aromatic rings. The topological polar surface area (TPSA) is 76.5 Å². The quantitative estimate of drug-likeness (QED) is 0.542. The van der Waals surface area contributed by atoms with Crippen molar-refractivity contribution in [1.82, 2.24) is 9.97 Å². The number of benzene rings is 1. The minimum absolute atomic E-state index is 0.160. The molecule has 0 radical (unpaired) electrons. The average molecular weight is 386 g/mol. The highest BCUT2D eigenvalue weighted by molar-refractivity contribution is 5.48. The predicted octanol–water partition coefficient (Wildman–Crippen LogP) is 3.78. The van der Waals surface area contributed by atoms with E-state index in [0.717, 1.165) is 50.9 Å². The van der Waals surface area contributed by atoms with Gasteiger partial charge in [-0.25, -0.2) is 9.97 Å². The van der Waals surface area contributed by atoms with Gasteiger partial charge in [0, 0.05) is 19.1 Å². The fourth-order valence-corrected chi connectivity index (χ4v) is 3.44. The number of nitrogens with zero attached hydrogens (tertiary/aromatic N) is 2. The number of rotatable bonds is 12. The van der Waals surface area contributed by atoms with Crippen LogP contribution >= 0.6 is 0 Å². The van der Waals surface area contributed by atoms with Gasteiger partial charge in [0.2, 0.25) is 0 Å². The van der Waals surface area contributed by atoms with E-state index in [1.165, 1.54) is 17.5 Å². The Labute approximate surface area is 167 Å². The molecule has 2 heterocycles. The second-order valence-corrected chi connectivity index (χ2v) is 7.22. The van der Waals surface area contributed by atoms with E-state index >= 15 is 0 Å². The number of hydrogen-bond acceptors (Lipinski definition) is 6. The van der Waals surface area contributed by atoms with E-state index in [-0.39, 0.29) is 12.6 Å². The van der Waals surface area contributed by atoms with Crippen LogP contribution in [0.5, 0.6) is 11.5 Å². The molecule has 0 fully saturated rings. The van der Waals surface area contributed by atoms with Crippen LogP contribution in [0.1, 0.15) is 50.2 Å². The largest absolute Gasteiger partial charge is 0.493 e. The lowest BCUT2D eigenvalue weighted by Gasteiger charge is -2.19. The van der Waals surface area contributed by atoms with E-state index in [4.69, 9.17) is 9.47 Å². The third kappa shape index (κ3) is 5.83. The van der Waals surface area contributed by atoms with Crippen LogP contribution in [-0.2, 0) is 12.8 Å². The van der Waals surface area contributed by atoms with Crippen molar-refractivity contribution in [3.63, 3.8) is 0 Å². The zero-order chi connectivity index (χ0) is 19.6. The standard InChI is InChI=1S/C22H31N3O3/c1-2-3-6-19(9-11-26)25-22-21(15-23-16-24-22)27-12-4-5-17-7-8-18-10-13-28-20(18)14-17/h7-8,14-16,19,26H,2-6,9-13H2,1H3,(H,23,24,25)/t19-/m0/s1. The van der Waals surface area contributed by atoms with Crippen LogP contribution in [0.3, 0.4) is 0 Å². The molecule has 1 aliphatic heterocycles. The molecule has 1 atom stereocenters. The molecule has 1 aromatic carbocycles. The number of anilines is 1. The van der Waals surface area contributed by atoms with Gasteiger partial charge in [0.15, 0.2) is 11.6 Å². The Morgan fingerprint density at radius 2 is 2.21 bits per heavy atom. The molecule has 0 amide bonds. The molecule has 152 valence electrons. The zero-order valence-corrected chi connectivity index (χ0v) is 16.7. The molecule has 3 rings (SSSR count). The van der Waals surface area contributed by atoms with E-state index in [1.807, 2.05) is 0 Å². The normalized spacial score (nSPS) is 13.6. The fraction of sp³-hybridized carbons (Fsp3) is 0.545. The van der Waals surface area contributed by atoms with Gasteiger partial charge in [-0.3, -0.25) is 0 Å². The molecule has 0 spiro atoms. The third-order valence-electron chi connectivity index (χ3n) is 5.03. The van der Waals surface area contributed by atoms with Crippen LogP contribution in [0.15, 0.2) is 30.7 Å². The lowest BCUT2D eigenvalue weighted by atomic mass is 10.1. The Bertz CT molecular complexity index is 739. The summed E-state index contributed by atoms with van der Waals surface area (Å²) < 4.78 is 11.6. The van der Waals surface area contributed by atoms with Crippen molar-refractivity contribution in [1.29, 1.82) is 0 Å². The van der Waals surface area contributed by atoms with Gasteiger partial charge in [0.25, 0.3) is 0 Å².